The Kier molecular flexibility index (Phi) is 3.02. The zero-order valence-corrected chi connectivity index (χ0v) is 13.6. The minimum absolute atomic E-state index is 0.138. The molecule has 124 valence electrons. The van der Waals surface area contributed by atoms with Gasteiger partial charge in [0.25, 0.3) is 0 Å². The second-order valence-electron chi connectivity index (χ2n) is 8.03. The third-order valence-electron chi connectivity index (χ3n) is 6.84. The summed E-state index contributed by atoms with van der Waals surface area (Å²) in [5, 5.41) is 20.6. The highest BCUT2D eigenvalue weighted by Gasteiger charge is 2.56. The van der Waals surface area contributed by atoms with Crippen molar-refractivity contribution in [3.05, 3.63) is 47.0 Å². The van der Waals surface area contributed by atoms with Crippen LogP contribution in [0.15, 0.2) is 47.0 Å². The molecule has 23 heavy (non-hydrogen) atoms. The largest absolute Gasteiger partial charge is 0.508 e. The van der Waals surface area contributed by atoms with Crippen molar-refractivity contribution in [2.75, 3.05) is 0 Å². The first kappa shape index (κ1) is 15.2. The van der Waals surface area contributed by atoms with E-state index in [2.05, 4.69) is 13.0 Å². The van der Waals surface area contributed by atoms with Gasteiger partial charge in [-0.3, -0.25) is 0 Å². The molecule has 0 bridgehead atoms. The number of fused-ring (bicyclic) bond motifs is 5. The van der Waals surface area contributed by atoms with Gasteiger partial charge in [-0.15, -0.1) is 0 Å². The molecule has 0 aliphatic heterocycles. The van der Waals surface area contributed by atoms with Crippen LogP contribution in [0.4, 0.5) is 4.39 Å². The predicted octanol–water partition coefficient (Wildman–Crippen LogP) is 3.29. The summed E-state index contributed by atoms with van der Waals surface area (Å²) in [5.41, 5.74) is 7.53. The van der Waals surface area contributed by atoms with Crippen LogP contribution in [0.5, 0.6) is 0 Å². The van der Waals surface area contributed by atoms with Crippen molar-refractivity contribution in [3.8, 4) is 0 Å². The van der Waals surface area contributed by atoms with Crippen LogP contribution in [-0.2, 0) is 0 Å². The summed E-state index contributed by atoms with van der Waals surface area (Å²) in [4.78, 5) is 0. The van der Waals surface area contributed by atoms with E-state index >= 15 is 0 Å². The Morgan fingerprint density at radius 2 is 2.09 bits per heavy atom. The van der Waals surface area contributed by atoms with Gasteiger partial charge in [-0.1, -0.05) is 31.6 Å². The highest BCUT2D eigenvalue weighted by molar-refractivity contribution is 5.47. The molecule has 4 N–H and O–H groups in total. The second-order valence-corrected chi connectivity index (χ2v) is 8.03. The highest BCUT2D eigenvalue weighted by Crippen LogP contribution is 2.62. The van der Waals surface area contributed by atoms with E-state index in [1.165, 1.54) is 0 Å². The SMILES string of the molecule is C[C@]12CC[C@H]3C(=C(O)C=C4C[C@@H](O)C=C[C@@]43C)[C@@H]1C=C(F)[C@@H]2N. The summed E-state index contributed by atoms with van der Waals surface area (Å²) < 4.78 is 14.2. The maximum atomic E-state index is 14.2. The molecule has 0 spiro atoms. The zero-order valence-electron chi connectivity index (χ0n) is 13.6. The quantitative estimate of drug-likeness (QED) is 0.601. The topological polar surface area (TPSA) is 66.5 Å². The van der Waals surface area contributed by atoms with Crippen molar-refractivity contribution in [2.45, 2.75) is 45.3 Å². The standard InChI is InChI=1S/C19H24FNO2/c1-18-5-3-11(22)7-10(18)8-15(23)16-12(18)4-6-19(2)13(16)9-14(20)17(19)21/h3,5,8-9,11-13,17,22-23H,4,6-7,21H2,1-2H3/t11-,12-,13-,17-,18-,19-/m0/s1. The molecule has 1 fully saturated rings. The molecule has 0 unspecified atom stereocenters. The monoisotopic (exact) mass is 317 g/mol. The van der Waals surface area contributed by atoms with Crippen LogP contribution in [-0.4, -0.2) is 22.4 Å². The molecule has 0 radical (unpaired) electrons. The van der Waals surface area contributed by atoms with Crippen LogP contribution in [0.1, 0.15) is 33.1 Å². The zero-order chi connectivity index (χ0) is 16.6. The van der Waals surface area contributed by atoms with Crippen molar-refractivity contribution < 1.29 is 14.6 Å². The number of halogens is 1. The number of nitrogens with two attached hydrogens (primary N) is 1. The molecule has 6 atom stereocenters. The Labute approximate surface area is 136 Å². The van der Waals surface area contributed by atoms with Crippen LogP contribution in [0.25, 0.3) is 0 Å². The van der Waals surface area contributed by atoms with Crippen molar-refractivity contribution >= 4 is 0 Å². The van der Waals surface area contributed by atoms with Crippen LogP contribution < -0.4 is 5.73 Å². The third-order valence-corrected chi connectivity index (χ3v) is 6.84. The summed E-state index contributed by atoms with van der Waals surface area (Å²) in [5.74, 6) is -0.0168. The van der Waals surface area contributed by atoms with E-state index < -0.39 is 12.1 Å². The van der Waals surface area contributed by atoms with Crippen molar-refractivity contribution in [1.29, 1.82) is 0 Å². The van der Waals surface area contributed by atoms with Gasteiger partial charge in [0.1, 0.15) is 11.6 Å². The molecular weight excluding hydrogens is 293 g/mol. The second kappa shape index (κ2) is 4.58. The van der Waals surface area contributed by atoms with E-state index in [9.17, 15) is 14.6 Å². The van der Waals surface area contributed by atoms with Gasteiger partial charge in [0, 0.05) is 11.3 Å². The lowest BCUT2D eigenvalue weighted by Gasteiger charge is -2.52. The van der Waals surface area contributed by atoms with Crippen molar-refractivity contribution in [2.24, 2.45) is 28.4 Å². The summed E-state index contributed by atoms with van der Waals surface area (Å²) in [6.07, 6.45) is 9.09. The van der Waals surface area contributed by atoms with Gasteiger partial charge in [-0.25, -0.2) is 4.39 Å². The number of hydrogen-bond donors (Lipinski definition) is 3. The van der Waals surface area contributed by atoms with E-state index in [1.807, 2.05) is 13.0 Å². The predicted molar refractivity (Wildman–Crippen MR) is 87.1 cm³/mol. The summed E-state index contributed by atoms with van der Waals surface area (Å²) >= 11 is 0. The molecule has 0 aromatic rings. The van der Waals surface area contributed by atoms with Crippen LogP contribution in [0.3, 0.4) is 0 Å². The Balaban J connectivity index is 1.86. The number of allylic oxidation sites excluding steroid dienone is 4. The molecule has 0 aromatic heterocycles. The van der Waals surface area contributed by atoms with Gasteiger partial charge in [-0.05, 0) is 48.3 Å². The normalized spacial score (nSPS) is 48.4. The Hall–Kier alpha value is -1.39. The molecule has 0 saturated heterocycles. The summed E-state index contributed by atoms with van der Waals surface area (Å²) in [6.45, 7) is 4.19. The minimum Gasteiger partial charge on any atom is -0.508 e. The fourth-order valence-corrected chi connectivity index (χ4v) is 5.24. The van der Waals surface area contributed by atoms with Gasteiger partial charge in [0.2, 0.25) is 0 Å². The lowest BCUT2D eigenvalue weighted by molar-refractivity contribution is 0.108. The van der Waals surface area contributed by atoms with Gasteiger partial charge < -0.3 is 15.9 Å². The van der Waals surface area contributed by atoms with E-state index in [1.54, 1.807) is 12.2 Å². The fourth-order valence-electron chi connectivity index (χ4n) is 5.24. The smallest absolute Gasteiger partial charge is 0.115 e. The molecular formula is C19H24FNO2. The number of rotatable bonds is 0. The average molecular weight is 317 g/mol. The average Bonchev–Trinajstić information content (AvgIpc) is 2.73. The molecule has 4 heteroatoms. The van der Waals surface area contributed by atoms with E-state index in [-0.39, 0.29) is 34.3 Å². The lowest BCUT2D eigenvalue weighted by Crippen LogP contribution is -2.49. The van der Waals surface area contributed by atoms with E-state index in [0.717, 1.165) is 24.0 Å². The van der Waals surface area contributed by atoms with Gasteiger partial charge in [0.05, 0.1) is 12.1 Å². The first-order chi connectivity index (χ1) is 10.8. The number of aliphatic hydroxyl groups excluding tert-OH is 2. The first-order valence-corrected chi connectivity index (χ1v) is 8.41. The molecule has 4 aliphatic rings. The van der Waals surface area contributed by atoms with Gasteiger partial charge in [0.15, 0.2) is 0 Å². The summed E-state index contributed by atoms with van der Waals surface area (Å²) in [7, 11) is 0. The maximum Gasteiger partial charge on any atom is 0.115 e. The maximum absolute atomic E-state index is 14.2. The van der Waals surface area contributed by atoms with Gasteiger partial charge in [-0.2, -0.15) is 0 Å². The van der Waals surface area contributed by atoms with Crippen LogP contribution >= 0.6 is 0 Å². The Morgan fingerprint density at radius 1 is 1.35 bits per heavy atom. The minimum atomic E-state index is -0.587. The Bertz CT molecular complexity index is 691. The van der Waals surface area contributed by atoms with Crippen LogP contribution in [0, 0.1) is 22.7 Å². The molecule has 0 amide bonds. The van der Waals surface area contributed by atoms with Gasteiger partial charge >= 0.3 is 0 Å². The number of aliphatic hydroxyl groups is 2. The summed E-state index contributed by atoms with van der Waals surface area (Å²) in [6, 6.07) is -0.587. The molecule has 4 aliphatic carbocycles. The van der Waals surface area contributed by atoms with Crippen LogP contribution in [0.2, 0.25) is 0 Å². The fraction of sp³-hybridized carbons (Fsp3) is 0.579. The molecule has 1 saturated carbocycles. The third kappa shape index (κ3) is 1.82. The molecule has 3 nitrogen and oxygen atoms in total. The molecule has 4 rings (SSSR count). The van der Waals surface area contributed by atoms with E-state index in [4.69, 9.17) is 5.73 Å². The Morgan fingerprint density at radius 3 is 2.83 bits per heavy atom. The lowest BCUT2D eigenvalue weighted by atomic mass is 9.52. The van der Waals surface area contributed by atoms with Crippen molar-refractivity contribution in [3.63, 3.8) is 0 Å². The van der Waals surface area contributed by atoms with E-state index in [0.29, 0.717) is 6.42 Å². The highest BCUT2D eigenvalue weighted by atomic mass is 19.1. The van der Waals surface area contributed by atoms with Crippen molar-refractivity contribution in [1.82, 2.24) is 0 Å². The molecule has 0 aromatic carbocycles. The first-order valence-electron chi connectivity index (χ1n) is 8.41. The molecule has 0 heterocycles. The number of hydrogen-bond acceptors (Lipinski definition) is 3.